The molecule has 2 unspecified atom stereocenters. The smallest absolute Gasteiger partial charge is 0.345 e. The zero-order chi connectivity index (χ0) is 48.8. The molecule has 13 heteroatoms. The van der Waals surface area contributed by atoms with Gasteiger partial charge in [-0.25, -0.2) is 9.59 Å². The first-order valence-electron chi connectivity index (χ1n) is 21.9. The van der Waals surface area contributed by atoms with Gasteiger partial charge in [0.1, 0.15) is 41.7 Å². The molecular weight excluding hydrogens is 909 g/mol. The van der Waals surface area contributed by atoms with Crippen molar-refractivity contribution in [2.24, 2.45) is 5.73 Å². The molecule has 0 saturated carbocycles. The van der Waals surface area contributed by atoms with Crippen molar-refractivity contribution in [3.05, 3.63) is 226 Å². The minimum absolute atomic E-state index is 0.301. The number of nitrogens with two attached hydrogens (primary N) is 1. The van der Waals surface area contributed by atoms with Gasteiger partial charge in [-0.1, -0.05) is 121 Å². The summed E-state index contributed by atoms with van der Waals surface area (Å²) in [6.45, 7) is 1.04. The number of methoxy groups -OCH3 is 2. The van der Waals surface area contributed by atoms with Crippen molar-refractivity contribution >= 4 is 46.5 Å². The van der Waals surface area contributed by atoms with E-state index in [-0.39, 0.29) is 11.9 Å². The van der Waals surface area contributed by atoms with Gasteiger partial charge in [-0.15, -0.1) is 22.7 Å². The Bertz CT molecular complexity index is 2820. The highest BCUT2D eigenvalue weighted by Crippen LogP contribution is 2.31. The van der Waals surface area contributed by atoms with Gasteiger partial charge in [-0.3, -0.25) is 9.59 Å². The van der Waals surface area contributed by atoms with Gasteiger partial charge in [-0.2, -0.15) is 0 Å². The number of nitrogens with one attached hydrogen (secondary N) is 1. The lowest BCUT2D eigenvalue weighted by Gasteiger charge is -2.16. The molecule has 0 aliphatic heterocycles. The maximum absolute atomic E-state index is 12.9. The van der Waals surface area contributed by atoms with Crippen LogP contribution < -0.4 is 20.5 Å². The zero-order valence-corrected chi connectivity index (χ0v) is 39.7. The lowest BCUT2D eigenvalue weighted by Crippen LogP contribution is -2.42. The summed E-state index contributed by atoms with van der Waals surface area (Å²) in [7, 11) is 2.66. The highest BCUT2D eigenvalue weighted by Gasteiger charge is 2.23. The fourth-order valence-electron chi connectivity index (χ4n) is 6.65. The van der Waals surface area contributed by atoms with Crippen molar-refractivity contribution in [2.75, 3.05) is 14.2 Å². The molecule has 352 valence electrons. The van der Waals surface area contributed by atoms with Crippen LogP contribution in [0.4, 0.5) is 0 Å². The number of esters is 2. The maximum atomic E-state index is 12.9. The van der Waals surface area contributed by atoms with Gasteiger partial charge in [0.15, 0.2) is 0 Å². The molecule has 8 aromatic rings. The molecule has 69 heavy (non-hydrogen) atoms. The highest BCUT2D eigenvalue weighted by atomic mass is 32.1. The summed E-state index contributed by atoms with van der Waals surface area (Å²) >= 11 is 2.64. The number of hydrogen-bond acceptors (Lipinski definition) is 11. The molecule has 8 rings (SSSR count). The number of carbonyl (C=O) groups is 4. The van der Waals surface area contributed by atoms with E-state index in [1.165, 1.54) is 36.9 Å². The van der Waals surface area contributed by atoms with Gasteiger partial charge in [-0.05, 0) is 113 Å². The first-order chi connectivity index (χ1) is 33.6. The Labute approximate surface area is 409 Å². The number of carboxylic acids is 1. The van der Waals surface area contributed by atoms with Gasteiger partial charge < -0.3 is 35.1 Å². The number of carboxylic acid groups (broad SMARTS) is 1. The van der Waals surface area contributed by atoms with Crippen molar-refractivity contribution in [1.29, 1.82) is 0 Å². The van der Waals surface area contributed by atoms with Crippen LogP contribution in [0.2, 0.25) is 0 Å². The summed E-state index contributed by atoms with van der Waals surface area (Å²) < 4.78 is 21.0. The quantitative estimate of drug-likeness (QED) is 0.0749. The number of ether oxygens (including phenoxy) is 4. The normalized spacial score (nSPS) is 11.2. The summed E-state index contributed by atoms with van der Waals surface area (Å²) in [5.41, 5.74) is 11.8. The van der Waals surface area contributed by atoms with Crippen LogP contribution in [0.1, 0.15) is 41.6 Å². The number of amides is 1. The van der Waals surface area contributed by atoms with Crippen LogP contribution in [0.25, 0.3) is 20.9 Å². The largest absolute Gasteiger partial charge is 0.489 e. The molecule has 2 atom stereocenters. The van der Waals surface area contributed by atoms with E-state index in [0.29, 0.717) is 35.8 Å². The van der Waals surface area contributed by atoms with Crippen molar-refractivity contribution < 1.29 is 43.2 Å². The number of hydrogen-bond donors (Lipinski definition) is 3. The molecule has 0 spiro atoms. The van der Waals surface area contributed by atoms with Crippen molar-refractivity contribution in [3.8, 4) is 32.4 Å². The minimum atomic E-state index is -0.890. The Hall–Kier alpha value is -7.84. The molecule has 4 N–H and O–H groups in total. The SMILES string of the molecule is COC(=O)C(Cc1ccccc1)NC(=O)c1ccc(-c2ccc(OCc3ccccc3)cc2)s1.COC(=O)C(N)Cc1ccccc1.O=C(O)c1ccc(-c2ccc(OCc3ccccc3)cc2)s1. The van der Waals surface area contributed by atoms with Crippen LogP contribution in [-0.4, -0.2) is 55.2 Å². The lowest BCUT2D eigenvalue weighted by molar-refractivity contribution is -0.143. The van der Waals surface area contributed by atoms with Crippen molar-refractivity contribution in [2.45, 2.75) is 38.1 Å². The van der Waals surface area contributed by atoms with Crippen LogP contribution in [0.5, 0.6) is 11.5 Å². The summed E-state index contributed by atoms with van der Waals surface area (Å²) in [6.07, 6.45) is 0.884. The Morgan fingerprint density at radius 3 is 1.29 bits per heavy atom. The number of benzene rings is 6. The second kappa shape index (κ2) is 26.5. The van der Waals surface area contributed by atoms with E-state index in [4.69, 9.17) is 25.1 Å². The molecule has 0 aliphatic rings. The van der Waals surface area contributed by atoms with Crippen LogP contribution in [-0.2, 0) is 45.1 Å². The predicted molar refractivity (Wildman–Crippen MR) is 272 cm³/mol. The van der Waals surface area contributed by atoms with E-state index in [0.717, 1.165) is 54.6 Å². The Kier molecular flexibility index (Phi) is 19.4. The van der Waals surface area contributed by atoms with Gasteiger partial charge in [0, 0.05) is 16.2 Å². The average Bonchev–Trinajstić information content (AvgIpc) is 4.11. The monoisotopic (exact) mass is 960 g/mol. The summed E-state index contributed by atoms with van der Waals surface area (Å²) in [6, 6.07) is 60.4. The molecule has 0 radical (unpaired) electrons. The third kappa shape index (κ3) is 16.2. The number of aromatic carboxylic acids is 1. The molecule has 0 aliphatic carbocycles. The standard InChI is InChI=1S/C28H25NO4S.C18H14O3S.C10H13NO2/c1-32-28(31)24(18-20-8-4-2-5-9-20)29-27(30)26-17-16-25(34-26)22-12-14-23(15-13-22)33-19-21-10-6-3-7-11-21;19-18(20)17-11-10-16(22-17)14-6-8-15(9-7-14)21-12-13-4-2-1-3-5-13;1-13-10(12)9(11)7-8-5-3-2-4-6-8/h2-17,24H,18-19H2,1H3,(H,29,30);1-11H,12H2,(H,19,20);2-6,9H,7,11H2,1H3. The van der Waals surface area contributed by atoms with Gasteiger partial charge in [0.05, 0.1) is 19.1 Å². The molecule has 6 aromatic carbocycles. The topological polar surface area (TPSA) is 163 Å². The Morgan fingerprint density at radius 1 is 0.493 bits per heavy atom. The Morgan fingerprint density at radius 2 is 0.884 bits per heavy atom. The molecule has 1 amide bonds. The van der Waals surface area contributed by atoms with Crippen LogP contribution in [0.3, 0.4) is 0 Å². The third-order valence-electron chi connectivity index (χ3n) is 10.3. The number of thiophene rings is 2. The van der Waals surface area contributed by atoms with Gasteiger partial charge >= 0.3 is 17.9 Å². The van der Waals surface area contributed by atoms with Crippen LogP contribution in [0.15, 0.2) is 194 Å². The van der Waals surface area contributed by atoms with Crippen LogP contribution in [0, 0.1) is 0 Å². The maximum Gasteiger partial charge on any atom is 0.345 e. The number of carbonyl (C=O) groups excluding carboxylic acids is 3. The highest BCUT2D eigenvalue weighted by molar-refractivity contribution is 7.17. The first kappa shape index (κ1) is 50.6. The molecular formula is C56H52N2O9S2. The molecule has 2 aromatic heterocycles. The van der Waals surface area contributed by atoms with Crippen molar-refractivity contribution in [1.82, 2.24) is 5.32 Å². The van der Waals surface area contributed by atoms with Crippen LogP contribution >= 0.6 is 22.7 Å². The van der Waals surface area contributed by atoms with Gasteiger partial charge in [0.25, 0.3) is 5.91 Å². The fourth-order valence-corrected chi connectivity index (χ4v) is 8.42. The van der Waals surface area contributed by atoms with E-state index in [1.807, 2.05) is 182 Å². The first-order valence-corrected chi connectivity index (χ1v) is 23.5. The molecule has 0 saturated heterocycles. The Balaban J connectivity index is 0.000000190. The molecule has 11 nitrogen and oxygen atoms in total. The lowest BCUT2D eigenvalue weighted by atomic mass is 10.1. The fraction of sp³-hybridized carbons (Fsp3) is 0.143. The summed E-state index contributed by atoms with van der Waals surface area (Å²) in [4.78, 5) is 49.7. The van der Waals surface area contributed by atoms with E-state index in [9.17, 15) is 19.2 Å². The molecule has 0 fully saturated rings. The van der Waals surface area contributed by atoms with E-state index in [1.54, 1.807) is 12.1 Å². The summed E-state index contributed by atoms with van der Waals surface area (Å²) in [5.74, 6) is -0.458. The van der Waals surface area contributed by atoms with Crippen molar-refractivity contribution in [3.63, 3.8) is 0 Å². The van der Waals surface area contributed by atoms with E-state index >= 15 is 0 Å². The zero-order valence-electron chi connectivity index (χ0n) is 38.1. The third-order valence-corrected chi connectivity index (χ3v) is 12.6. The summed E-state index contributed by atoms with van der Waals surface area (Å²) in [5, 5.41) is 11.8. The second-order valence-corrected chi connectivity index (χ2v) is 17.5. The number of rotatable bonds is 17. The molecule has 2 heterocycles. The van der Waals surface area contributed by atoms with E-state index < -0.39 is 24.0 Å². The van der Waals surface area contributed by atoms with E-state index in [2.05, 4.69) is 10.1 Å². The minimum Gasteiger partial charge on any atom is -0.489 e. The predicted octanol–water partition coefficient (Wildman–Crippen LogP) is 10.9. The van der Waals surface area contributed by atoms with Gasteiger partial charge in [0.2, 0.25) is 0 Å². The second-order valence-electron chi connectivity index (χ2n) is 15.3. The molecule has 0 bridgehead atoms. The average molecular weight is 961 g/mol.